The van der Waals surface area contributed by atoms with Crippen LogP contribution in [0.5, 0.6) is 11.6 Å². The number of benzene rings is 1. The van der Waals surface area contributed by atoms with Gasteiger partial charge in [-0.15, -0.1) is 0 Å². The zero-order valence-corrected chi connectivity index (χ0v) is 12.2. The zero-order valence-electron chi connectivity index (χ0n) is 10.6. The van der Waals surface area contributed by atoms with Crippen LogP contribution in [0.1, 0.15) is 31.3 Å². The van der Waals surface area contributed by atoms with Gasteiger partial charge in [0.2, 0.25) is 5.88 Å². The number of halogens is 1. The Kier molecular flexibility index (Phi) is 3.97. The number of hydrogen-bond acceptors (Lipinski definition) is 3. The summed E-state index contributed by atoms with van der Waals surface area (Å²) in [5, 5.41) is 0. The predicted octanol–water partition coefficient (Wildman–Crippen LogP) is 4.46. The van der Waals surface area contributed by atoms with E-state index in [2.05, 4.69) is 39.7 Å². The van der Waals surface area contributed by atoms with E-state index in [1.54, 1.807) is 0 Å². The van der Waals surface area contributed by atoms with Crippen molar-refractivity contribution < 1.29 is 4.74 Å². The Morgan fingerprint density at radius 2 is 1.94 bits per heavy atom. The molecule has 0 saturated heterocycles. The van der Waals surface area contributed by atoms with Crippen LogP contribution in [0.3, 0.4) is 0 Å². The molecule has 1 heterocycles. The van der Waals surface area contributed by atoms with E-state index < -0.39 is 0 Å². The van der Waals surface area contributed by atoms with Gasteiger partial charge < -0.3 is 4.74 Å². The zero-order chi connectivity index (χ0) is 13.1. The normalized spacial score (nSPS) is 10.7. The molecule has 4 heteroatoms. The van der Waals surface area contributed by atoms with Crippen LogP contribution >= 0.6 is 15.9 Å². The summed E-state index contributed by atoms with van der Waals surface area (Å²) in [6.07, 6.45) is 0. The van der Waals surface area contributed by atoms with Crippen LogP contribution in [-0.4, -0.2) is 9.97 Å². The first-order chi connectivity index (χ1) is 8.54. The number of nitrogens with zero attached hydrogens (tertiary/aromatic N) is 2. The van der Waals surface area contributed by atoms with Crippen LogP contribution in [0.4, 0.5) is 0 Å². The highest BCUT2D eigenvalue weighted by molar-refractivity contribution is 9.10. The molecule has 0 bridgehead atoms. The van der Waals surface area contributed by atoms with Gasteiger partial charge in [0.1, 0.15) is 11.6 Å². The Morgan fingerprint density at radius 3 is 2.61 bits per heavy atom. The molecule has 0 radical (unpaired) electrons. The summed E-state index contributed by atoms with van der Waals surface area (Å²) in [6.45, 7) is 6.08. The molecule has 0 amide bonds. The van der Waals surface area contributed by atoms with Crippen LogP contribution in [-0.2, 0) is 0 Å². The summed E-state index contributed by atoms with van der Waals surface area (Å²) in [5.74, 6) is 2.44. The number of aromatic nitrogens is 2. The topological polar surface area (TPSA) is 35.0 Å². The molecule has 94 valence electrons. The van der Waals surface area contributed by atoms with Crippen molar-refractivity contribution in [1.82, 2.24) is 9.97 Å². The maximum Gasteiger partial charge on any atom is 0.222 e. The fourth-order valence-electron chi connectivity index (χ4n) is 1.52. The summed E-state index contributed by atoms with van der Waals surface area (Å²) >= 11 is 3.41. The van der Waals surface area contributed by atoms with Crippen molar-refractivity contribution in [2.24, 2.45) is 0 Å². The van der Waals surface area contributed by atoms with Crippen molar-refractivity contribution in [2.75, 3.05) is 0 Å². The van der Waals surface area contributed by atoms with E-state index in [0.717, 1.165) is 21.7 Å². The Bertz CT molecular complexity index is 555. The van der Waals surface area contributed by atoms with Crippen molar-refractivity contribution in [1.29, 1.82) is 0 Å². The molecule has 18 heavy (non-hydrogen) atoms. The maximum absolute atomic E-state index is 5.75. The standard InChI is InChI=1S/C14H15BrN2O/c1-9(2)14-16-10(3)7-13(17-14)18-12-6-4-5-11(15)8-12/h4-9H,1-3H3. The monoisotopic (exact) mass is 306 g/mol. The molecule has 0 N–H and O–H groups in total. The lowest BCUT2D eigenvalue weighted by Crippen LogP contribution is -2.01. The second kappa shape index (κ2) is 5.48. The number of rotatable bonds is 3. The van der Waals surface area contributed by atoms with Gasteiger partial charge in [-0.25, -0.2) is 4.98 Å². The van der Waals surface area contributed by atoms with Crippen molar-refractivity contribution in [2.45, 2.75) is 26.7 Å². The largest absolute Gasteiger partial charge is 0.439 e. The SMILES string of the molecule is Cc1cc(Oc2cccc(Br)c2)nc(C(C)C)n1. The van der Waals surface area contributed by atoms with Crippen LogP contribution in [0, 0.1) is 6.92 Å². The van der Waals surface area contributed by atoms with Crippen LogP contribution < -0.4 is 4.74 Å². The van der Waals surface area contributed by atoms with Crippen LogP contribution in [0.25, 0.3) is 0 Å². The lowest BCUT2D eigenvalue weighted by atomic mass is 10.2. The summed E-state index contributed by atoms with van der Waals surface area (Å²) < 4.78 is 6.73. The smallest absolute Gasteiger partial charge is 0.222 e. The molecular weight excluding hydrogens is 292 g/mol. The molecule has 0 spiro atoms. The highest BCUT2D eigenvalue weighted by Gasteiger charge is 2.07. The van der Waals surface area contributed by atoms with Crippen LogP contribution in [0.2, 0.25) is 0 Å². The third-order valence-corrected chi connectivity index (χ3v) is 2.88. The molecule has 2 rings (SSSR count). The number of ether oxygens (including phenoxy) is 1. The highest BCUT2D eigenvalue weighted by Crippen LogP contribution is 2.24. The first-order valence-electron chi connectivity index (χ1n) is 5.83. The van der Waals surface area contributed by atoms with Crippen LogP contribution in [0.15, 0.2) is 34.8 Å². The van der Waals surface area contributed by atoms with E-state index in [-0.39, 0.29) is 5.92 Å². The minimum Gasteiger partial charge on any atom is -0.439 e. The molecule has 0 fully saturated rings. The van der Waals surface area contributed by atoms with Gasteiger partial charge in [0.15, 0.2) is 0 Å². The van der Waals surface area contributed by atoms with Crippen molar-refractivity contribution >= 4 is 15.9 Å². The van der Waals surface area contributed by atoms with E-state index in [9.17, 15) is 0 Å². The minimum atomic E-state index is 0.287. The van der Waals surface area contributed by atoms with Gasteiger partial charge >= 0.3 is 0 Å². The van der Waals surface area contributed by atoms with E-state index in [4.69, 9.17) is 4.74 Å². The predicted molar refractivity (Wildman–Crippen MR) is 75.1 cm³/mol. The van der Waals surface area contributed by atoms with Crippen molar-refractivity contribution in [3.05, 3.63) is 46.3 Å². The summed E-state index contributed by atoms with van der Waals surface area (Å²) in [6, 6.07) is 9.53. The summed E-state index contributed by atoms with van der Waals surface area (Å²) in [7, 11) is 0. The minimum absolute atomic E-state index is 0.287. The van der Waals surface area contributed by atoms with Gasteiger partial charge in [-0.1, -0.05) is 35.8 Å². The van der Waals surface area contributed by atoms with Gasteiger partial charge in [0.25, 0.3) is 0 Å². The van der Waals surface area contributed by atoms with Gasteiger partial charge in [0, 0.05) is 22.2 Å². The molecule has 2 aromatic rings. The Hall–Kier alpha value is -1.42. The lowest BCUT2D eigenvalue weighted by Gasteiger charge is -2.09. The van der Waals surface area contributed by atoms with E-state index in [1.807, 2.05) is 37.3 Å². The van der Waals surface area contributed by atoms with E-state index in [0.29, 0.717) is 5.88 Å². The lowest BCUT2D eigenvalue weighted by molar-refractivity contribution is 0.455. The molecule has 0 saturated carbocycles. The number of hydrogen-bond donors (Lipinski definition) is 0. The molecule has 0 atom stereocenters. The maximum atomic E-state index is 5.75. The first kappa shape index (κ1) is 13.0. The fraction of sp³-hybridized carbons (Fsp3) is 0.286. The van der Waals surface area contributed by atoms with Crippen molar-refractivity contribution in [3.8, 4) is 11.6 Å². The van der Waals surface area contributed by atoms with Gasteiger partial charge in [-0.05, 0) is 25.1 Å². The van der Waals surface area contributed by atoms with Gasteiger partial charge in [0.05, 0.1) is 0 Å². The molecule has 0 unspecified atom stereocenters. The summed E-state index contributed by atoms with van der Waals surface area (Å²) in [4.78, 5) is 8.80. The quantitative estimate of drug-likeness (QED) is 0.839. The van der Waals surface area contributed by atoms with Gasteiger partial charge in [-0.3, -0.25) is 0 Å². The first-order valence-corrected chi connectivity index (χ1v) is 6.63. The molecule has 0 aliphatic heterocycles. The molecule has 3 nitrogen and oxygen atoms in total. The second-order valence-corrected chi connectivity index (χ2v) is 5.34. The fourth-order valence-corrected chi connectivity index (χ4v) is 1.90. The average Bonchev–Trinajstić information content (AvgIpc) is 2.28. The highest BCUT2D eigenvalue weighted by atomic mass is 79.9. The Morgan fingerprint density at radius 1 is 1.17 bits per heavy atom. The molecule has 1 aromatic heterocycles. The molecule has 1 aromatic carbocycles. The third-order valence-electron chi connectivity index (χ3n) is 2.38. The third kappa shape index (κ3) is 3.29. The molecule has 0 aliphatic rings. The summed E-state index contributed by atoms with van der Waals surface area (Å²) in [5.41, 5.74) is 0.915. The second-order valence-electron chi connectivity index (χ2n) is 4.42. The molecular formula is C14H15BrN2O. The van der Waals surface area contributed by atoms with Crippen molar-refractivity contribution in [3.63, 3.8) is 0 Å². The average molecular weight is 307 g/mol. The Balaban J connectivity index is 2.29. The molecule has 0 aliphatic carbocycles. The number of aryl methyl sites for hydroxylation is 1. The van der Waals surface area contributed by atoms with E-state index >= 15 is 0 Å². The van der Waals surface area contributed by atoms with E-state index in [1.165, 1.54) is 0 Å². The Labute approximate surface area is 115 Å². The van der Waals surface area contributed by atoms with Gasteiger partial charge in [-0.2, -0.15) is 4.98 Å².